The molecule has 8 heteroatoms. The number of hydrogen-bond acceptors (Lipinski definition) is 6. The quantitative estimate of drug-likeness (QED) is 0.629. The minimum absolute atomic E-state index is 0.0675. The second-order valence-electron chi connectivity index (χ2n) is 6.95. The number of aromatic nitrogens is 3. The van der Waals surface area contributed by atoms with Crippen LogP contribution in [0.2, 0.25) is 0 Å². The van der Waals surface area contributed by atoms with Crippen molar-refractivity contribution in [3.63, 3.8) is 0 Å². The van der Waals surface area contributed by atoms with Crippen LogP contribution in [0.1, 0.15) is 41.7 Å². The van der Waals surface area contributed by atoms with Crippen molar-refractivity contribution in [2.75, 3.05) is 5.32 Å². The van der Waals surface area contributed by atoms with Gasteiger partial charge in [0.25, 0.3) is 5.56 Å². The number of fused-ring (bicyclic) bond motifs is 1. The number of nitrogens with zero attached hydrogens (tertiary/aromatic N) is 1. The normalized spacial score (nSPS) is 21.1. The Morgan fingerprint density at radius 3 is 2.68 bits per heavy atom. The van der Waals surface area contributed by atoms with Crippen LogP contribution in [0, 0.1) is 0 Å². The number of furan rings is 1. The molecule has 0 spiro atoms. The molecule has 0 fully saturated rings. The molecule has 5 rings (SSSR count). The average molecular weight is 376 g/mol. The van der Waals surface area contributed by atoms with Gasteiger partial charge in [0.1, 0.15) is 11.6 Å². The number of pyridine rings is 1. The van der Waals surface area contributed by atoms with Gasteiger partial charge in [0.2, 0.25) is 0 Å². The molecule has 28 heavy (non-hydrogen) atoms. The Labute approximate surface area is 158 Å². The van der Waals surface area contributed by atoms with Crippen LogP contribution in [0.3, 0.4) is 0 Å². The Morgan fingerprint density at radius 2 is 1.93 bits per heavy atom. The fourth-order valence-corrected chi connectivity index (χ4v) is 4.12. The summed E-state index contributed by atoms with van der Waals surface area (Å²) in [6.07, 6.45) is 4.03. The Hall–Kier alpha value is -3.68. The zero-order chi connectivity index (χ0) is 19.3. The summed E-state index contributed by atoms with van der Waals surface area (Å²) in [4.78, 5) is 46.9. The number of H-pyrrole nitrogens is 2. The maximum absolute atomic E-state index is 13.2. The standard InChI is InChI=1S/C20H16N4O4/c25-13-9-10(14-5-3-7-28-14)8-12-15(13)16(11-4-1-2-6-21-11)17-18(22-12)23-20(27)24-19(17)26/h1-7,10,16H,8-9H2,(H3,22,23,24,26,27)/t10-,16+/m1/s1. The van der Waals surface area contributed by atoms with Crippen LogP contribution in [0.5, 0.6) is 0 Å². The third-order valence-corrected chi connectivity index (χ3v) is 5.27. The van der Waals surface area contributed by atoms with Crippen LogP contribution < -0.4 is 16.6 Å². The molecule has 3 aromatic rings. The molecule has 3 aromatic heterocycles. The van der Waals surface area contributed by atoms with Gasteiger partial charge in [-0.15, -0.1) is 0 Å². The highest BCUT2D eigenvalue weighted by Gasteiger charge is 2.41. The SMILES string of the molecule is O=C1C[C@H](c2ccco2)CC2=C1[C@H](c1ccccn1)c1c([nH]c(=O)[nH]c1=O)N2. The van der Waals surface area contributed by atoms with Crippen LogP contribution in [0.4, 0.5) is 5.82 Å². The maximum atomic E-state index is 13.2. The first kappa shape index (κ1) is 16.5. The number of Topliss-reactive ketones (excluding diaryl/α,β-unsaturated/α-hetero) is 1. The van der Waals surface area contributed by atoms with E-state index in [0.29, 0.717) is 34.8 Å². The number of anilines is 1. The minimum atomic E-state index is -0.641. The van der Waals surface area contributed by atoms with Crippen molar-refractivity contribution in [1.29, 1.82) is 0 Å². The van der Waals surface area contributed by atoms with Gasteiger partial charge in [-0.2, -0.15) is 0 Å². The summed E-state index contributed by atoms with van der Waals surface area (Å²) < 4.78 is 5.49. The number of carbonyl (C=O) groups is 1. The Balaban J connectivity index is 1.71. The summed E-state index contributed by atoms with van der Waals surface area (Å²) in [5.74, 6) is 0.228. The summed E-state index contributed by atoms with van der Waals surface area (Å²) in [6, 6.07) is 9.00. The van der Waals surface area contributed by atoms with Gasteiger partial charge in [-0.1, -0.05) is 6.07 Å². The molecule has 3 N–H and O–H groups in total. The van der Waals surface area contributed by atoms with Crippen molar-refractivity contribution >= 4 is 11.6 Å². The molecule has 0 amide bonds. The lowest BCUT2D eigenvalue weighted by atomic mass is 9.74. The highest BCUT2D eigenvalue weighted by molar-refractivity contribution is 6.01. The van der Waals surface area contributed by atoms with Gasteiger partial charge < -0.3 is 9.73 Å². The second-order valence-corrected chi connectivity index (χ2v) is 6.95. The topological polar surface area (TPSA) is 121 Å². The van der Waals surface area contributed by atoms with Gasteiger partial charge >= 0.3 is 5.69 Å². The van der Waals surface area contributed by atoms with Gasteiger partial charge in [0.05, 0.1) is 23.4 Å². The van der Waals surface area contributed by atoms with E-state index in [1.54, 1.807) is 30.7 Å². The molecule has 0 unspecified atom stereocenters. The molecule has 0 saturated carbocycles. The van der Waals surface area contributed by atoms with Crippen LogP contribution in [0.25, 0.3) is 0 Å². The Morgan fingerprint density at radius 1 is 1.04 bits per heavy atom. The first-order chi connectivity index (χ1) is 13.6. The molecule has 4 heterocycles. The third kappa shape index (κ3) is 2.53. The number of nitrogens with one attached hydrogen (secondary N) is 3. The van der Waals surface area contributed by atoms with E-state index in [1.165, 1.54) is 0 Å². The van der Waals surface area contributed by atoms with E-state index in [2.05, 4.69) is 20.3 Å². The summed E-state index contributed by atoms with van der Waals surface area (Å²) in [7, 11) is 0. The molecular weight excluding hydrogens is 360 g/mol. The molecular formula is C20H16N4O4. The van der Waals surface area contributed by atoms with Crippen LogP contribution in [0.15, 0.2) is 68.1 Å². The fourth-order valence-electron chi connectivity index (χ4n) is 4.12. The monoisotopic (exact) mass is 376 g/mol. The fraction of sp³-hybridized carbons (Fsp3) is 0.200. The lowest BCUT2D eigenvalue weighted by molar-refractivity contribution is -0.116. The van der Waals surface area contributed by atoms with Crippen molar-refractivity contribution in [2.45, 2.75) is 24.7 Å². The van der Waals surface area contributed by atoms with E-state index in [0.717, 1.165) is 5.76 Å². The van der Waals surface area contributed by atoms with Gasteiger partial charge in [-0.05, 0) is 30.7 Å². The largest absolute Gasteiger partial charge is 0.469 e. The highest BCUT2D eigenvalue weighted by atomic mass is 16.3. The number of carbonyl (C=O) groups excluding carboxylic acids is 1. The van der Waals surface area contributed by atoms with E-state index >= 15 is 0 Å². The molecule has 0 saturated heterocycles. The van der Waals surface area contributed by atoms with E-state index in [4.69, 9.17) is 4.42 Å². The van der Waals surface area contributed by atoms with Crippen LogP contribution >= 0.6 is 0 Å². The molecule has 1 aliphatic heterocycles. The Bertz CT molecular complexity index is 1210. The lowest BCUT2D eigenvalue weighted by Crippen LogP contribution is -2.37. The number of ketones is 1. The number of hydrogen-bond donors (Lipinski definition) is 3. The van der Waals surface area contributed by atoms with E-state index in [9.17, 15) is 14.4 Å². The van der Waals surface area contributed by atoms with Gasteiger partial charge in [0.15, 0.2) is 5.78 Å². The van der Waals surface area contributed by atoms with Crippen LogP contribution in [-0.4, -0.2) is 20.7 Å². The van der Waals surface area contributed by atoms with Gasteiger partial charge in [0, 0.05) is 29.8 Å². The van der Waals surface area contributed by atoms with Crippen molar-refractivity contribution in [3.8, 4) is 0 Å². The molecule has 2 aliphatic rings. The van der Waals surface area contributed by atoms with Crippen molar-refractivity contribution in [1.82, 2.24) is 15.0 Å². The summed E-state index contributed by atoms with van der Waals surface area (Å²) in [5, 5.41) is 3.12. The molecule has 8 nitrogen and oxygen atoms in total. The van der Waals surface area contributed by atoms with Crippen molar-refractivity contribution in [2.24, 2.45) is 0 Å². The third-order valence-electron chi connectivity index (χ3n) is 5.27. The van der Waals surface area contributed by atoms with Crippen molar-refractivity contribution in [3.05, 3.63) is 91.9 Å². The molecule has 1 aliphatic carbocycles. The molecule has 0 bridgehead atoms. The minimum Gasteiger partial charge on any atom is -0.469 e. The zero-order valence-corrected chi connectivity index (χ0v) is 14.7. The molecule has 140 valence electrons. The smallest absolute Gasteiger partial charge is 0.327 e. The first-order valence-electron chi connectivity index (χ1n) is 8.96. The van der Waals surface area contributed by atoms with Crippen LogP contribution in [-0.2, 0) is 4.79 Å². The summed E-state index contributed by atoms with van der Waals surface area (Å²) >= 11 is 0. The van der Waals surface area contributed by atoms with E-state index in [1.807, 2.05) is 12.1 Å². The second kappa shape index (κ2) is 6.19. The van der Waals surface area contributed by atoms with Gasteiger partial charge in [-0.3, -0.25) is 24.5 Å². The maximum Gasteiger partial charge on any atom is 0.327 e. The number of allylic oxidation sites excluding steroid dienone is 2. The summed E-state index contributed by atoms with van der Waals surface area (Å²) in [6.45, 7) is 0. The summed E-state index contributed by atoms with van der Waals surface area (Å²) in [5.41, 5.74) is 0.940. The van der Waals surface area contributed by atoms with Gasteiger partial charge in [-0.25, -0.2) is 4.79 Å². The van der Waals surface area contributed by atoms with E-state index in [-0.39, 0.29) is 18.1 Å². The lowest BCUT2D eigenvalue weighted by Gasteiger charge is -2.34. The Kier molecular flexibility index (Phi) is 3.65. The highest BCUT2D eigenvalue weighted by Crippen LogP contribution is 2.45. The molecule has 2 atom stereocenters. The van der Waals surface area contributed by atoms with Crippen molar-refractivity contribution < 1.29 is 9.21 Å². The predicted octanol–water partition coefficient (Wildman–Crippen LogP) is 2.01. The number of aromatic amines is 2. The number of rotatable bonds is 2. The zero-order valence-electron chi connectivity index (χ0n) is 14.7. The predicted molar refractivity (Wildman–Crippen MR) is 100 cm³/mol. The molecule has 0 aromatic carbocycles. The average Bonchev–Trinajstić information content (AvgIpc) is 3.21. The van der Waals surface area contributed by atoms with E-state index < -0.39 is 17.2 Å². The first-order valence-corrected chi connectivity index (χ1v) is 8.96. The molecule has 0 radical (unpaired) electrons.